The van der Waals surface area contributed by atoms with Crippen molar-refractivity contribution in [1.82, 2.24) is 0 Å². The average molecular weight is 251 g/mol. The van der Waals surface area contributed by atoms with E-state index in [2.05, 4.69) is 0 Å². The molecule has 0 aliphatic carbocycles. The standard InChI is InChI=1S/C10H12F3NOS/c1-15-7-3-2-4-8(5-7)16-9(6-14)10(11,12)13/h2-5,9H,6,14H2,1H3. The van der Waals surface area contributed by atoms with Gasteiger partial charge in [0.25, 0.3) is 0 Å². The first-order valence-corrected chi connectivity index (χ1v) is 5.43. The molecule has 0 heterocycles. The van der Waals surface area contributed by atoms with E-state index in [9.17, 15) is 13.2 Å². The zero-order chi connectivity index (χ0) is 12.2. The van der Waals surface area contributed by atoms with Crippen molar-refractivity contribution in [3.8, 4) is 5.75 Å². The largest absolute Gasteiger partial charge is 0.497 e. The summed E-state index contributed by atoms with van der Waals surface area (Å²) >= 11 is 0.695. The van der Waals surface area contributed by atoms with E-state index in [0.717, 1.165) is 0 Å². The first kappa shape index (κ1) is 13.2. The minimum absolute atomic E-state index is 0.439. The molecule has 1 atom stereocenters. The predicted molar refractivity (Wildman–Crippen MR) is 57.7 cm³/mol. The van der Waals surface area contributed by atoms with E-state index in [4.69, 9.17) is 10.5 Å². The number of rotatable bonds is 4. The summed E-state index contributed by atoms with van der Waals surface area (Å²) in [4.78, 5) is 0.493. The minimum Gasteiger partial charge on any atom is -0.497 e. The van der Waals surface area contributed by atoms with Crippen molar-refractivity contribution < 1.29 is 17.9 Å². The lowest BCUT2D eigenvalue weighted by molar-refractivity contribution is -0.126. The molecule has 0 radical (unpaired) electrons. The van der Waals surface area contributed by atoms with Crippen molar-refractivity contribution in [3.05, 3.63) is 24.3 Å². The van der Waals surface area contributed by atoms with Gasteiger partial charge in [0, 0.05) is 11.4 Å². The molecule has 0 bridgehead atoms. The Labute approximate surface area is 96.0 Å². The lowest BCUT2D eigenvalue weighted by atomic mass is 10.3. The van der Waals surface area contributed by atoms with Gasteiger partial charge in [-0.2, -0.15) is 13.2 Å². The third-order valence-corrected chi connectivity index (χ3v) is 3.17. The van der Waals surface area contributed by atoms with Gasteiger partial charge < -0.3 is 10.5 Å². The van der Waals surface area contributed by atoms with Gasteiger partial charge in [-0.3, -0.25) is 0 Å². The zero-order valence-corrected chi connectivity index (χ0v) is 9.44. The molecule has 0 spiro atoms. The van der Waals surface area contributed by atoms with Crippen LogP contribution in [0.2, 0.25) is 0 Å². The van der Waals surface area contributed by atoms with Gasteiger partial charge in [-0.1, -0.05) is 6.07 Å². The van der Waals surface area contributed by atoms with E-state index in [-0.39, 0.29) is 0 Å². The number of hydrogen-bond acceptors (Lipinski definition) is 3. The summed E-state index contributed by atoms with van der Waals surface area (Å²) in [6.45, 7) is -0.439. The van der Waals surface area contributed by atoms with Gasteiger partial charge in [0.2, 0.25) is 0 Å². The second-order valence-electron chi connectivity index (χ2n) is 3.06. The number of alkyl halides is 3. The number of halogens is 3. The van der Waals surface area contributed by atoms with Crippen LogP contribution in [0.4, 0.5) is 13.2 Å². The highest BCUT2D eigenvalue weighted by Crippen LogP contribution is 2.35. The first-order valence-electron chi connectivity index (χ1n) is 4.55. The summed E-state index contributed by atoms with van der Waals surface area (Å²) in [5.74, 6) is 0.531. The smallest absolute Gasteiger partial charge is 0.402 e. The maximum absolute atomic E-state index is 12.5. The number of ether oxygens (including phenoxy) is 1. The third kappa shape index (κ3) is 3.61. The molecule has 0 fully saturated rings. The van der Waals surface area contributed by atoms with Crippen molar-refractivity contribution in [1.29, 1.82) is 0 Å². The molecule has 0 aliphatic rings. The number of benzene rings is 1. The van der Waals surface area contributed by atoms with E-state index < -0.39 is 18.0 Å². The van der Waals surface area contributed by atoms with Crippen molar-refractivity contribution in [2.24, 2.45) is 5.73 Å². The minimum atomic E-state index is -4.29. The van der Waals surface area contributed by atoms with Crippen molar-refractivity contribution >= 4 is 11.8 Å². The molecule has 1 rings (SSSR count). The summed E-state index contributed by atoms with van der Waals surface area (Å²) in [5, 5.41) is -1.58. The van der Waals surface area contributed by atoms with Crippen LogP contribution in [-0.2, 0) is 0 Å². The molecule has 0 aliphatic heterocycles. The molecule has 1 aromatic rings. The van der Waals surface area contributed by atoms with Crippen LogP contribution < -0.4 is 10.5 Å². The van der Waals surface area contributed by atoms with Gasteiger partial charge >= 0.3 is 6.18 Å². The molecule has 0 saturated heterocycles. The van der Waals surface area contributed by atoms with Crippen LogP contribution in [0.25, 0.3) is 0 Å². The summed E-state index contributed by atoms with van der Waals surface area (Å²) < 4.78 is 42.3. The highest BCUT2D eigenvalue weighted by Gasteiger charge is 2.39. The van der Waals surface area contributed by atoms with Crippen LogP contribution >= 0.6 is 11.8 Å². The normalized spacial score (nSPS) is 13.6. The Morgan fingerprint density at radius 1 is 1.44 bits per heavy atom. The van der Waals surface area contributed by atoms with E-state index in [1.165, 1.54) is 7.11 Å². The van der Waals surface area contributed by atoms with Crippen LogP contribution in [0.5, 0.6) is 5.75 Å². The first-order chi connectivity index (χ1) is 7.47. The maximum Gasteiger partial charge on any atom is 0.402 e. The lowest BCUT2D eigenvalue weighted by Crippen LogP contribution is -2.32. The molecule has 2 nitrogen and oxygen atoms in total. The van der Waals surface area contributed by atoms with Crippen molar-refractivity contribution in [2.45, 2.75) is 16.3 Å². The van der Waals surface area contributed by atoms with Gasteiger partial charge in [-0.15, -0.1) is 11.8 Å². The highest BCUT2D eigenvalue weighted by molar-refractivity contribution is 8.00. The van der Waals surface area contributed by atoms with Crippen LogP contribution in [0.3, 0.4) is 0 Å². The summed E-state index contributed by atoms with van der Waals surface area (Å²) in [7, 11) is 1.47. The van der Waals surface area contributed by atoms with Crippen LogP contribution in [0, 0.1) is 0 Å². The SMILES string of the molecule is COc1cccc(SC(CN)C(F)(F)F)c1. The molecule has 1 aromatic carbocycles. The van der Waals surface area contributed by atoms with Crippen molar-refractivity contribution in [2.75, 3.05) is 13.7 Å². The van der Waals surface area contributed by atoms with Gasteiger partial charge in [0.05, 0.1) is 7.11 Å². The molecule has 0 saturated carbocycles. The number of methoxy groups -OCH3 is 1. The number of thioether (sulfide) groups is 1. The van der Waals surface area contributed by atoms with E-state index >= 15 is 0 Å². The molecule has 0 amide bonds. The Morgan fingerprint density at radius 2 is 2.12 bits per heavy atom. The molecule has 6 heteroatoms. The third-order valence-electron chi connectivity index (χ3n) is 1.90. The fourth-order valence-corrected chi connectivity index (χ4v) is 1.99. The Balaban J connectivity index is 2.78. The van der Waals surface area contributed by atoms with Gasteiger partial charge in [-0.25, -0.2) is 0 Å². The molecule has 90 valence electrons. The predicted octanol–water partition coefficient (Wildman–Crippen LogP) is 2.68. The van der Waals surface area contributed by atoms with E-state index in [1.807, 2.05) is 0 Å². The van der Waals surface area contributed by atoms with Gasteiger partial charge in [0.1, 0.15) is 11.0 Å². The second kappa shape index (κ2) is 5.45. The van der Waals surface area contributed by atoms with E-state index in [0.29, 0.717) is 22.4 Å². The summed E-state index contributed by atoms with van der Waals surface area (Å²) in [6, 6.07) is 6.47. The Kier molecular flexibility index (Phi) is 4.49. The maximum atomic E-state index is 12.5. The van der Waals surface area contributed by atoms with E-state index in [1.54, 1.807) is 24.3 Å². The number of nitrogens with two attached hydrogens (primary N) is 1. The second-order valence-corrected chi connectivity index (χ2v) is 4.34. The van der Waals surface area contributed by atoms with Crippen LogP contribution in [-0.4, -0.2) is 25.1 Å². The molecule has 16 heavy (non-hydrogen) atoms. The van der Waals surface area contributed by atoms with Crippen LogP contribution in [0.15, 0.2) is 29.2 Å². The average Bonchev–Trinajstić information content (AvgIpc) is 2.24. The molecular weight excluding hydrogens is 239 g/mol. The quantitative estimate of drug-likeness (QED) is 0.836. The summed E-state index contributed by atoms with van der Waals surface area (Å²) in [5.41, 5.74) is 5.11. The fourth-order valence-electron chi connectivity index (χ4n) is 1.09. The highest BCUT2D eigenvalue weighted by atomic mass is 32.2. The monoisotopic (exact) mass is 251 g/mol. The molecule has 1 unspecified atom stereocenters. The summed E-state index contributed by atoms with van der Waals surface area (Å²) in [6.07, 6.45) is -4.29. The van der Waals surface area contributed by atoms with Gasteiger partial charge in [0.15, 0.2) is 0 Å². The Morgan fingerprint density at radius 3 is 2.62 bits per heavy atom. The van der Waals surface area contributed by atoms with Gasteiger partial charge in [-0.05, 0) is 18.2 Å². The fraction of sp³-hybridized carbons (Fsp3) is 0.400. The van der Waals surface area contributed by atoms with Crippen LogP contribution in [0.1, 0.15) is 0 Å². The molecule has 2 N–H and O–H groups in total. The molecular formula is C10H12F3NOS. The Bertz CT molecular complexity index is 343. The Hall–Kier alpha value is -0.880. The lowest BCUT2D eigenvalue weighted by Gasteiger charge is -2.17. The number of hydrogen-bond donors (Lipinski definition) is 1. The van der Waals surface area contributed by atoms with Crippen molar-refractivity contribution in [3.63, 3.8) is 0 Å². The zero-order valence-electron chi connectivity index (χ0n) is 8.62. The molecule has 0 aromatic heterocycles. The topological polar surface area (TPSA) is 35.2 Å².